The van der Waals surface area contributed by atoms with Crippen LogP contribution in [-0.4, -0.2) is 37.3 Å². The lowest BCUT2D eigenvalue weighted by atomic mass is 10.2. The van der Waals surface area contributed by atoms with Crippen molar-refractivity contribution in [2.24, 2.45) is 0 Å². The summed E-state index contributed by atoms with van der Waals surface area (Å²) in [4.78, 5) is 15.8. The highest BCUT2D eigenvalue weighted by Crippen LogP contribution is 2.30. The van der Waals surface area contributed by atoms with Crippen molar-refractivity contribution in [2.75, 3.05) is 11.4 Å². The van der Waals surface area contributed by atoms with Gasteiger partial charge in [0.15, 0.2) is 17.2 Å². The Morgan fingerprint density at radius 2 is 2.18 bits per heavy atom. The molecule has 1 aliphatic rings. The molecule has 0 aromatic carbocycles. The van der Waals surface area contributed by atoms with Crippen LogP contribution < -0.4 is 4.90 Å². The predicted octanol–water partition coefficient (Wildman–Crippen LogP) is 2.10. The van der Waals surface area contributed by atoms with E-state index in [-0.39, 0.29) is 0 Å². The summed E-state index contributed by atoms with van der Waals surface area (Å²) in [6.07, 6.45) is 6.08. The number of nitrogens with zero attached hydrogens (tertiary/aromatic N) is 6. The van der Waals surface area contributed by atoms with Gasteiger partial charge in [0.2, 0.25) is 0 Å². The number of hydrogen-bond donors (Lipinski definition) is 0. The summed E-state index contributed by atoms with van der Waals surface area (Å²) in [6, 6.07) is 2.32. The third-order valence-corrected chi connectivity index (χ3v) is 4.07. The Kier molecular flexibility index (Phi) is 3.06. The molecule has 7 nitrogen and oxygen atoms in total. The molecular weight excluding hydrogens is 280 g/mol. The van der Waals surface area contributed by atoms with Gasteiger partial charge in [0.1, 0.15) is 5.82 Å². The minimum atomic E-state index is 0.370. The second-order valence-corrected chi connectivity index (χ2v) is 5.70. The van der Waals surface area contributed by atoms with Crippen molar-refractivity contribution >= 4 is 17.0 Å². The van der Waals surface area contributed by atoms with E-state index in [4.69, 9.17) is 4.42 Å². The lowest BCUT2D eigenvalue weighted by Gasteiger charge is -2.25. The standard InChI is InChI=1S/C15H18N6O/c1-10-17-14(13-15(18-10)22-11(2)19-13)21-8-3-5-12(21)9-20-7-4-6-16-20/h4,6-7,12H,3,5,8-9H2,1-2H3/t12-/m1/s1. The Labute approximate surface area is 128 Å². The van der Waals surface area contributed by atoms with Gasteiger partial charge in [-0.2, -0.15) is 10.1 Å². The maximum atomic E-state index is 5.58. The quantitative estimate of drug-likeness (QED) is 0.737. The molecule has 4 heterocycles. The highest BCUT2D eigenvalue weighted by atomic mass is 16.4. The van der Waals surface area contributed by atoms with Crippen LogP contribution in [0.15, 0.2) is 22.9 Å². The number of rotatable bonds is 3. The van der Waals surface area contributed by atoms with Crippen LogP contribution in [0.1, 0.15) is 24.6 Å². The molecule has 0 aliphatic carbocycles. The maximum Gasteiger partial charge on any atom is 0.252 e. The van der Waals surface area contributed by atoms with Crippen LogP contribution in [0.2, 0.25) is 0 Å². The summed E-state index contributed by atoms with van der Waals surface area (Å²) in [7, 11) is 0. The zero-order valence-electron chi connectivity index (χ0n) is 12.7. The number of oxazole rings is 1. The molecule has 0 spiro atoms. The van der Waals surface area contributed by atoms with E-state index in [1.165, 1.54) is 0 Å². The lowest BCUT2D eigenvalue weighted by molar-refractivity contribution is 0.507. The molecule has 3 aromatic heterocycles. The zero-order valence-corrected chi connectivity index (χ0v) is 12.7. The summed E-state index contributed by atoms with van der Waals surface area (Å²) in [5.41, 5.74) is 1.33. The molecule has 4 rings (SSSR count). The molecule has 1 aliphatic heterocycles. The Morgan fingerprint density at radius 3 is 3.00 bits per heavy atom. The normalized spacial score (nSPS) is 18.5. The average molecular weight is 298 g/mol. The van der Waals surface area contributed by atoms with Gasteiger partial charge < -0.3 is 9.32 Å². The second-order valence-electron chi connectivity index (χ2n) is 5.70. The van der Waals surface area contributed by atoms with Gasteiger partial charge >= 0.3 is 0 Å². The first kappa shape index (κ1) is 13.2. The van der Waals surface area contributed by atoms with Gasteiger partial charge in [-0.3, -0.25) is 4.68 Å². The van der Waals surface area contributed by atoms with Gasteiger partial charge in [-0.25, -0.2) is 9.97 Å². The molecule has 1 saturated heterocycles. The number of aromatic nitrogens is 5. The van der Waals surface area contributed by atoms with Crippen LogP contribution in [-0.2, 0) is 6.54 Å². The van der Waals surface area contributed by atoms with E-state index in [9.17, 15) is 0 Å². The zero-order chi connectivity index (χ0) is 15.1. The molecule has 1 fully saturated rings. The molecule has 0 amide bonds. The minimum Gasteiger partial charge on any atom is -0.422 e. The van der Waals surface area contributed by atoms with Crippen molar-refractivity contribution in [1.82, 2.24) is 24.7 Å². The van der Waals surface area contributed by atoms with Gasteiger partial charge in [-0.15, -0.1) is 0 Å². The largest absolute Gasteiger partial charge is 0.422 e. The molecule has 1 atom stereocenters. The molecule has 3 aromatic rings. The van der Waals surface area contributed by atoms with E-state index >= 15 is 0 Å². The number of anilines is 1. The van der Waals surface area contributed by atoms with Gasteiger partial charge in [0.05, 0.1) is 12.6 Å². The van der Waals surface area contributed by atoms with Crippen LogP contribution in [0.25, 0.3) is 11.2 Å². The van der Waals surface area contributed by atoms with Crippen molar-refractivity contribution in [3.05, 3.63) is 30.2 Å². The van der Waals surface area contributed by atoms with Crippen LogP contribution >= 0.6 is 0 Å². The van der Waals surface area contributed by atoms with Crippen LogP contribution in [0, 0.1) is 13.8 Å². The predicted molar refractivity (Wildman–Crippen MR) is 81.7 cm³/mol. The Bertz CT molecular complexity index is 794. The number of hydrogen-bond acceptors (Lipinski definition) is 6. The third-order valence-electron chi connectivity index (χ3n) is 4.07. The Morgan fingerprint density at radius 1 is 1.27 bits per heavy atom. The van der Waals surface area contributed by atoms with Crippen LogP contribution in [0.3, 0.4) is 0 Å². The molecule has 22 heavy (non-hydrogen) atoms. The van der Waals surface area contributed by atoms with Crippen molar-refractivity contribution in [3.63, 3.8) is 0 Å². The van der Waals surface area contributed by atoms with E-state index in [0.29, 0.717) is 23.5 Å². The third kappa shape index (κ3) is 2.22. The maximum absolute atomic E-state index is 5.58. The SMILES string of the molecule is Cc1nc(N2CCC[C@@H]2Cn2cccn2)c2nc(C)oc2n1. The fraction of sp³-hybridized carbons (Fsp3) is 0.467. The summed E-state index contributed by atoms with van der Waals surface area (Å²) in [6.45, 7) is 5.56. The van der Waals surface area contributed by atoms with E-state index in [1.807, 2.05) is 37.0 Å². The molecule has 0 bridgehead atoms. The van der Waals surface area contributed by atoms with E-state index in [2.05, 4.69) is 25.0 Å². The fourth-order valence-electron chi connectivity index (χ4n) is 3.14. The summed E-state index contributed by atoms with van der Waals surface area (Å²) >= 11 is 0. The monoisotopic (exact) mass is 298 g/mol. The number of fused-ring (bicyclic) bond motifs is 1. The first-order chi connectivity index (χ1) is 10.7. The van der Waals surface area contributed by atoms with Crippen molar-refractivity contribution in [2.45, 2.75) is 39.3 Å². The molecule has 0 saturated carbocycles. The molecule has 0 N–H and O–H groups in total. The van der Waals surface area contributed by atoms with Crippen molar-refractivity contribution < 1.29 is 4.42 Å². The molecule has 0 unspecified atom stereocenters. The highest BCUT2D eigenvalue weighted by Gasteiger charge is 2.29. The second kappa shape index (κ2) is 5.08. The molecular formula is C15H18N6O. The topological polar surface area (TPSA) is 72.9 Å². The van der Waals surface area contributed by atoms with Gasteiger partial charge in [-0.1, -0.05) is 0 Å². The van der Waals surface area contributed by atoms with E-state index < -0.39 is 0 Å². The fourth-order valence-corrected chi connectivity index (χ4v) is 3.14. The van der Waals surface area contributed by atoms with Crippen LogP contribution in [0.5, 0.6) is 0 Å². The summed E-state index contributed by atoms with van der Waals surface area (Å²) < 4.78 is 7.56. The first-order valence-electron chi connectivity index (χ1n) is 7.56. The Hall–Kier alpha value is -2.44. The summed E-state index contributed by atoms with van der Waals surface area (Å²) in [5, 5.41) is 4.31. The molecule has 7 heteroatoms. The number of aryl methyl sites for hydroxylation is 2. The lowest BCUT2D eigenvalue weighted by Crippen LogP contribution is -2.34. The van der Waals surface area contributed by atoms with Crippen molar-refractivity contribution in [3.8, 4) is 0 Å². The van der Waals surface area contributed by atoms with Gasteiger partial charge in [0.25, 0.3) is 5.71 Å². The van der Waals surface area contributed by atoms with Crippen LogP contribution in [0.4, 0.5) is 5.82 Å². The minimum absolute atomic E-state index is 0.370. The highest BCUT2D eigenvalue weighted by molar-refractivity contribution is 5.82. The average Bonchev–Trinajstić information content (AvgIpc) is 3.18. The smallest absolute Gasteiger partial charge is 0.252 e. The molecule has 114 valence electrons. The molecule has 0 radical (unpaired) electrons. The van der Waals surface area contributed by atoms with Gasteiger partial charge in [0, 0.05) is 25.9 Å². The first-order valence-corrected chi connectivity index (χ1v) is 7.56. The summed E-state index contributed by atoms with van der Waals surface area (Å²) in [5.74, 6) is 2.22. The Balaban J connectivity index is 1.73. The van der Waals surface area contributed by atoms with Gasteiger partial charge in [-0.05, 0) is 25.8 Å². The van der Waals surface area contributed by atoms with E-state index in [0.717, 1.165) is 37.3 Å². The van der Waals surface area contributed by atoms with Crippen molar-refractivity contribution in [1.29, 1.82) is 0 Å². The van der Waals surface area contributed by atoms with E-state index in [1.54, 1.807) is 0 Å².